The molecule has 18 heteroatoms. The normalized spacial score (nSPS) is 23.6. The molecule has 2 amide bonds. The number of fused-ring (bicyclic) bond motifs is 2. The molecule has 2 heterocycles. The fourth-order valence-electron chi connectivity index (χ4n) is 9.71. The van der Waals surface area contributed by atoms with Gasteiger partial charge >= 0.3 is 13.3 Å². The van der Waals surface area contributed by atoms with Gasteiger partial charge in [0, 0.05) is 66.2 Å². The number of nitrogens with zero attached hydrogens (tertiary/aromatic N) is 2. The number of H-pyrrole nitrogens is 1. The maximum Gasteiger partial charge on any atom is 0.404 e. The van der Waals surface area contributed by atoms with Crippen LogP contribution in [-0.4, -0.2) is 93.0 Å². The van der Waals surface area contributed by atoms with E-state index in [-0.39, 0.29) is 112 Å². The summed E-state index contributed by atoms with van der Waals surface area (Å²) in [5.74, 6) is -1.64. The average molecular weight is 985 g/mol. The molecule has 1 saturated heterocycles. The summed E-state index contributed by atoms with van der Waals surface area (Å²) in [4.78, 5) is 73.2. The number of aromatic nitrogens is 1. The summed E-state index contributed by atoms with van der Waals surface area (Å²) in [6.45, 7) is 15.0. The van der Waals surface area contributed by atoms with Gasteiger partial charge in [-0.2, -0.15) is 8.78 Å². The third-order valence-electron chi connectivity index (χ3n) is 13.0. The molecule has 3 aromatic rings. The largest absolute Gasteiger partial charge is 0.404 e. The van der Waals surface area contributed by atoms with Crippen LogP contribution in [0.1, 0.15) is 113 Å². The summed E-state index contributed by atoms with van der Waals surface area (Å²) in [5, 5.41) is 15.1. The van der Waals surface area contributed by atoms with E-state index in [4.69, 9.17) is 15.6 Å². The highest BCUT2D eigenvalue weighted by Crippen LogP contribution is 2.67. The van der Waals surface area contributed by atoms with Gasteiger partial charge in [0.2, 0.25) is 17.5 Å². The summed E-state index contributed by atoms with van der Waals surface area (Å²) in [6.07, 6.45) is 6.06. The van der Waals surface area contributed by atoms with Crippen LogP contribution in [0.25, 0.3) is 15.6 Å². The highest BCUT2D eigenvalue weighted by Gasteiger charge is 2.55. The van der Waals surface area contributed by atoms with Gasteiger partial charge in [0.25, 0.3) is 5.91 Å². The summed E-state index contributed by atoms with van der Waals surface area (Å²) >= 11 is 1.81. The van der Waals surface area contributed by atoms with E-state index in [2.05, 4.69) is 15.1 Å². The molecule has 6 rings (SSSR count). The van der Waals surface area contributed by atoms with Crippen molar-refractivity contribution in [2.24, 2.45) is 29.6 Å². The molecule has 2 saturated carbocycles. The standard InChI is InChI=1S/C49H63F2N4O9PS2/c1-30(2)21-45(58)66-19-17-63-65(62,64-18-20-67-46(59)22-31(3)4)49(50,51)36-14-13-32-11-12-34(23-35(32)24-36)47(60)54-37-9-7-6-8-10-38-39(26-37)40(27-43(38)56)48(61)55-28-41(42(29-55)52-5)33-15-16-53-44(57)25-33/h11-16,23-25,30-31,37-43,56H,6-10,17-22,26-29H2,1-4H3,(H,53,57)(H,54,60)/t37-,38+,39?,40+,41-,42+,43+/m0/s1. The van der Waals surface area contributed by atoms with Crippen LogP contribution in [0.4, 0.5) is 8.78 Å². The monoisotopic (exact) mass is 984 g/mol. The van der Waals surface area contributed by atoms with Crippen LogP contribution in [0.15, 0.2) is 59.5 Å². The molecule has 1 unspecified atom stereocenters. The second kappa shape index (κ2) is 23.6. The molecule has 364 valence electrons. The lowest BCUT2D eigenvalue weighted by Crippen LogP contribution is -2.41. The number of pyridine rings is 1. The quantitative estimate of drug-likeness (QED) is 0.0629. The molecule has 3 N–H and O–H groups in total. The Morgan fingerprint density at radius 2 is 1.55 bits per heavy atom. The molecule has 1 aliphatic heterocycles. The lowest BCUT2D eigenvalue weighted by molar-refractivity contribution is -0.136. The maximum atomic E-state index is 16.6. The predicted molar refractivity (Wildman–Crippen MR) is 258 cm³/mol. The third kappa shape index (κ3) is 13.5. The van der Waals surface area contributed by atoms with E-state index in [1.54, 1.807) is 29.3 Å². The van der Waals surface area contributed by atoms with Crippen LogP contribution < -0.4 is 10.9 Å². The van der Waals surface area contributed by atoms with Gasteiger partial charge in [0.1, 0.15) is 0 Å². The van der Waals surface area contributed by atoms with Crippen LogP contribution in [0.3, 0.4) is 0 Å². The summed E-state index contributed by atoms with van der Waals surface area (Å²) in [7, 11) is -5.25. The molecule has 3 aliphatic rings. The van der Waals surface area contributed by atoms with E-state index in [0.29, 0.717) is 23.8 Å². The molecule has 0 radical (unpaired) electrons. The van der Waals surface area contributed by atoms with E-state index in [1.807, 2.05) is 27.7 Å². The SMILES string of the molecule is [C-]#[N+][C@@H]1CN(C(=O)[C@@H]2C[C@@H](O)[C@@H]3CCCCC[C@H](NC(=O)c4ccc5ccc(C(F)(F)P(=O)(OCCSC(=O)CC(C)C)OCCSC(=O)CC(C)C)cc5c4)CC32)C[C@H]1c1cc[nH]c(=O)c1. The van der Waals surface area contributed by atoms with Gasteiger partial charge in [-0.3, -0.25) is 28.5 Å². The van der Waals surface area contributed by atoms with Crippen molar-refractivity contribution in [2.45, 2.75) is 115 Å². The summed E-state index contributed by atoms with van der Waals surface area (Å²) in [5.41, 5.74) is -4.18. The van der Waals surface area contributed by atoms with Crippen molar-refractivity contribution in [1.29, 1.82) is 0 Å². The zero-order chi connectivity index (χ0) is 48.5. The van der Waals surface area contributed by atoms with E-state index in [0.717, 1.165) is 61.3 Å². The van der Waals surface area contributed by atoms with Gasteiger partial charge in [0.15, 0.2) is 10.2 Å². The van der Waals surface area contributed by atoms with E-state index < -0.39 is 56.0 Å². The predicted octanol–water partition coefficient (Wildman–Crippen LogP) is 9.40. The van der Waals surface area contributed by atoms with Gasteiger partial charge in [-0.15, -0.1) is 0 Å². The Balaban J connectivity index is 1.18. The lowest BCUT2D eigenvalue weighted by atomic mass is 9.81. The Kier molecular flexibility index (Phi) is 18.5. The zero-order valence-corrected chi connectivity index (χ0v) is 41.2. The Morgan fingerprint density at radius 3 is 2.19 bits per heavy atom. The number of aliphatic hydroxyl groups is 1. The van der Waals surface area contributed by atoms with Crippen molar-refractivity contribution in [3.05, 3.63) is 93.2 Å². The number of carbonyl (C=O) groups excluding carboxylic acids is 4. The molecule has 67 heavy (non-hydrogen) atoms. The average Bonchev–Trinajstić information content (AvgIpc) is 3.88. The van der Waals surface area contributed by atoms with Gasteiger partial charge in [-0.25, -0.2) is 6.57 Å². The van der Waals surface area contributed by atoms with Crippen LogP contribution in [0, 0.1) is 36.2 Å². The molecular formula is C49H63F2N4O9PS2. The fraction of sp³-hybridized carbons (Fsp3) is 0.592. The number of likely N-dealkylation sites (tertiary alicyclic amines) is 1. The number of aliphatic hydroxyl groups excluding tert-OH is 1. The van der Waals surface area contributed by atoms with Gasteiger partial charge in [-0.1, -0.05) is 88.7 Å². The van der Waals surface area contributed by atoms with Gasteiger partial charge < -0.3 is 34.2 Å². The number of benzene rings is 2. The van der Waals surface area contributed by atoms with Crippen molar-refractivity contribution >= 4 is 63.9 Å². The Bertz CT molecular complexity index is 2360. The fourth-order valence-corrected chi connectivity index (χ4v) is 13.2. The molecule has 2 aromatic carbocycles. The third-order valence-corrected chi connectivity index (χ3v) is 16.7. The highest BCUT2D eigenvalue weighted by molar-refractivity contribution is 8.13. The second-order valence-electron chi connectivity index (χ2n) is 18.9. The van der Waals surface area contributed by atoms with Crippen molar-refractivity contribution < 1.29 is 46.7 Å². The molecule has 0 bridgehead atoms. The summed E-state index contributed by atoms with van der Waals surface area (Å²) in [6, 6.07) is 10.8. The highest BCUT2D eigenvalue weighted by atomic mass is 32.2. The van der Waals surface area contributed by atoms with E-state index in [9.17, 15) is 33.6 Å². The van der Waals surface area contributed by atoms with Crippen molar-refractivity contribution in [1.82, 2.24) is 15.2 Å². The zero-order valence-electron chi connectivity index (χ0n) is 38.6. The van der Waals surface area contributed by atoms with Crippen LogP contribution >= 0.6 is 31.1 Å². The van der Waals surface area contributed by atoms with Crippen LogP contribution in [-0.2, 0) is 33.7 Å². The lowest BCUT2D eigenvalue weighted by Gasteiger charge is -2.30. The smallest absolute Gasteiger partial charge is 0.393 e. The minimum atomic E-state index is -5.25. The van der Waals surface area contributed by atoms with Crippen molar-refractivity contribution in [3.8, 4) is 0 Å². The van der Waals surface area contributed by atoms with E-state index in [1.165, 1.54) is 18.2 Å². The number of hydrogen-bond acceptors (Lipinski definition) is 11. The maximum absolute atomic E-state index is 16.6. The second-order valence-corrected chi connectivity index (χ2v) is 23.3. The number of hydrogen-bond donors (Lipinski definition) is 3. The Labute approximate surface area is 400 Å². The molecule has 1 aromatic heterocycles. The number of carbonyl (C=O) groups is 4. The number of aromatic amines is 1. The molecular weight excluding hydrogens is 922 g/mol. The minimum absolute atomic E-state index is 0.0196. The first kappa shape index (κ1) is 52.5. The van der Waals surface area contributed by atoms with Crippen molar-refractivity contribution in [3.63, 3.8) is 0 Å². The van der Waals surface area contributed by atoms with Gasteiger partial charge in [0.05, 0.1) is 31.8 Å². The first-order valence-corrected chi connectivity index (χ1v) is 26.9. The summed E-state index contributed by atoms with van der Waals surface area (Å²) < 4.78 is 58.0. The molecule has 0 spiro atoms. The Hall–Kier alpha value is -3.91. The molecule has 7 atom stereocenters. The number of thioether (sulfide) groups is 2. The number of nitrogens with one attached hydrogen (secondary N) is 2. The first-order chi connectivity index (χ1) is 31.9. The number of halogens is 2. The molecule has 2 aliphatic carbocycles. The van der Waals surface area contributed by atoms with Crippen molar-refractivity contribution in [2.75, 3.05) is 37.8 Å². The topological polar surface area (TPSA) is 177 Å². The number of amides is 2. The first-order valence-electron chi connectivity index (χ1n) is 23.3. The van der Waals surface area contributed by atoms with Crippen LogP contribution in [0.5, 0.6) is 0 Å². The van der Waals surface area contributed by atoms with Crippen LogP contribution in [0.2, 0.25) is 0 Å². The van der Waals surface area contributed by atoms with E-state index >= 15 is 8.78 Å². The number of alkyl halides is 2. The van der Waals surface area contributed by atoms with Gasteiger partial charge in [-0.05, 0) is 90.0 Å². The Morgan fingerprint density at radius 1 is 0.896 bits per heavy atom. The molecule has 3 fully saturated rings. The minimum Gasteiger partial charge on any atom is -0.393 e. The molecule has 13 nitrogen and oxygen atoms in total. The number of rotatable bonds is 18.